The standard InChI is InChI=1S/C19H23ClN4O2/c1-12-17(22-11-21-12)10-23-7-13-2-4-15(9-23)24(8-13)19(26)16-5-3-14(20)6-18(16)25/h3,5-6,11,13,15,25H,2,4,7-10H2,1H3,(H,21,22)/t13-,15+/m0/s1. The average Bonchev–Trinajstić information content (AvgIpc) is 2.81. The van der Waals surface area contributed by atoms with Crippen LogP contribution in [0.1, 0.15) is 34.6 Å². The van der Waals surface area contributed by atoms with Crippen molar-refractivity contribution >= 4 is 17.5 Å². The SMILES string of the molecule is Cc1[nH]cnc1CN1C[C@@H]2CC[C@H](C1)N(C(=O)c1ccc(Cl)cc1O)C2. The number of aryl methyl sites for hydroxylation is 1. The number of benzene rings is 1. The van der Waals surface area contributed by atoms with E-state index in [1.54, 1.807) is 18.5 Å². The molecule has 3 aliphatic rings. The molecular formula is C19H23ClN4O2. The van der Waals surface area contributed by atoms with Gasteiger partial charge in [-0.05, 0) is 43.9 Å². The molecule has 6 nitrogen and oxygen atoms in total. The first-order chi connectivity index (χ1) is 12.5. The molecule has 1 aromatic heterocycles. The van der Waals surface area contributed by atoms with E-state index in [4.69, 9.17) is 11.6 Å². The van der Waals surface area contributed by atoms with Crippen molar-refractivity contribution in [3.8, 4) is 5.75 Å². The third-order valence-electron chi connectivity index (χ3n) is 5.55. The zero-order valence-corrected chi connectivity index (χ0v) is 15.5. The number of nitrogens with zero attached hydrogens (tertiary/aromatic N) is 3. The molecule has 3 saturated heterocycles. The number of piperidine rings is 1. The zero-order valence-electron chi connectivity index (χ0n) is 14.8. The van der Waals surface area contributed by atoms with Crippen molar-refractivity contribution in [3.63, 3.8) is 0 Å². The van der Waals surface area contributed by atoms with Crippen molar-refractivity contribution < 1.29 is 9.90 Å². The molecule has 26 heavy (non-hydrogen) atoms. The zero-order chi connectivity index (χ0) is 18.3. The molecular weight excluding hydrogens is 352 g/mol. The van der Waals surface area contributed by atoms with E-state index in [2.05, 4.69) is 14.9 Å². The van der Waals surface area contributed by atoms with Crippen LogP contribution in [0.3, 0.4) is 0 Å². The van der Waals surface area contributed by atoms with Gasteiger partial charge in [-0.2, -0.15) is 0 Å². The second kappa shape index (κ2) is 6.93. The number of H-pyrrole nitrogens is 1. The Bertz CT molecular complexity index is 822. The van der Waals surface area contributed by atoms with Gasteiger partial charge in [0.2, 0.25) is 0 Å². The van der Waals surface area contributed by atoms with Crippen LogP contribution in [0, 0.1) is 12.8 Å². The maximum Gasteiger partial charge on any atom is 0.257 e. The minimum absolute atomic E-state index is 0.0494. The van der Waals surface area contributed by atoms with Crippen molar-refractivity contribution in [2.45, 2.75) is 32.4 Å². The summed E-state index contributed by atoms with van der Waals surface area (Å²) in [5.74, 6) is 0.296. The summed E-state index contributed by atoms with van der Waals surface area (Å²) in [6.45, 7) is 5.38. The van der Waals surface area contributed by atoms with E-state index in [1.807, 2.05) is 11.8 Å². The number of phenols is 1. The minimum atomic E-state index is -0.105. The molecule has 1 aromatic carbocycles. The first-order valence-electron chi connectivity index (χ1n) is 9.02. The van der Waals surface area contributed by atoms with Crippen LogP contribution in [0.4, 0.5) is 0 Å². The van der Waals surface area contributed by atoms with E-state index in [9.17, 15) is 9.90 Å². The van der Waals surface area contributed by atoms with Crippen molar-refractivity contribution in [2.75, 3.05) is 19.6 Å². The summed E-state index contributed by atoms with van der Waals surface area (Å²) in [6.07, 6.45) is 3.87. The number of halogens is 1. The molecule has 2 N–H and O–H groups in total. The van der Waals surface area contributed by atoms with Gasteiger partial charge < -0.3 is 15.0 Å². The number of carbonyl (C=O) groups is 1. The molecule has 0 aliphatic carbocycles. The van der Waals surface area contributed by atoms with Crippen molar-refractivity contribution in [3.05, 3.63) is 46.5 Å². The summed E-state index contributed by atoms with van der Waals surface area (Å²) in [7, 11) is 0. The van der Waals surface area contributed by atoms with Gasteiger partial charge in [-0.1, -0.05) is 11.6 Å². The van der Waals surface area contributed by atoms with Crippen molar-refractivity contribution in [1.29, 1.82) is 0 Å². The summed E-state index contributed by atoms with van der Waals surface area (Å²) in [5.41, 5.74) is 2.50. The number of amides is 1. The van der Waals surface area contributed by atoms with E-state index in [-0.39, 0.29) is 17.7 Å². The molecule has 1 amide bonds. The van der Waals surface area contributed by atoms with Crippen LogP contribution < -0.4 is 0 Å². The Morgan fingerprint density at radius 2 is 2.19 bits per heavy atom. The Labute approximate surface area is 157 Å². The second-order valence-corrected chi connectivity index (χ2v) is 7.82. The van der Waals surface area contributed by atoms with Gasteiger partial charge in [0.1, 0.15) is 5.75 Å². The molecule has 2 aromatic rings. The summed E-state index contributed by atoms with van der Waals surface area (Å²) in [4.78, 5) is 24.9. The lowest BCUT2D eigenvalue weighted by atomic mass is 9.94. The monoisotopic (exact) mass is 374 g/mol. The van der Waals surface area contributed by atoms with Gasteiger partial charge in [-0.15, -0.1) is 0 Å². The van der Waals surface area contributed by atoms with Crippen LogP contribution in [0.5, 0.6) is 5.75 Å². The maximum atomic E-state index is 13.0. The van der Waals surface area contributed by atoms with Gasteiger partial charge in [-0.25, -0.2) is 4.98 Å². The minimum Gasteiger partial charge on any atom is -0.507 e. The Morgan fingerprint density at radius 3 is 2.92 bits per heavy atom. The summed E-state index contributed by atoms with van der Waals surface area (Å²) >= 11 is 5.90. The predicted octanol–water partition coefficient (Wildman–Crippen LogP) is 2.81. The second-order valence-electron chi connectivity index (χ2n) is 7.38. The molecule has 2 bridgehead atoms. The van der Waals surface area contributed by atoms with Crippen LogP contribution >= 0.6 is 11.6 Å². The number of fused-ring (bicyclic) bond motifs is 4. The number of aromatic hydroxyl groups is 1. The van der Waals surface area contributed by atoms with Gasteiger partial charge in [-0.3, -0.25) is 9.69 Å². The van der Waals surface area contributed by atoms with Crippen LogP contribution in [0.2, 0.25) is 5.02 Å². The summed E-state index contributed by atoms with van der Waals surface area (Å²) < 4.78 is 0. The van der Waals surface area contributed by atoms with E-state index < -0.39 is 0 Å². The number of phenolic OH excluding ortho intramolecular Hbond substituents is 1. The van der Waals surface area contributed by atoms with Gasteiger partial charge in [0.25, 0.3) is 5.91 Å². The topological polar surface area (TPSA) is 72.5 Å². The first kappa shape index (κ1) is 17.4. The lowest BCUT2D eigenvalue weighted by Crippen LogP contribution is -2.47. The number of carbonyl (C=O) groups excluding carboxylic acids is 1. The molecule has 3 fully saturated rings. The Morgan fingerprint density at radius 1 is 1.35 bits per heavy atom. The number of aromatic nitrogens is 2. The van der Waals surface area contributed by atoms with Gasteiger partial charge >= 0.3 is 0 Å². The Balaban J connectivity index is 1.53. The fraction of sp³-hybridized carbons (Fsp3) is 0.474. The third-order valence-corrected chi connectivity index (χ3v) is 5.78. The van der Waals surface area contributed by atoms with E-state index in [1.165, 1.54) is 6.07 Å². The number of hydrogen-bond donors (Lipinski definition) is 2. The lowest BCUT2D eigenvalue weighted by Gasteiger charge is -2.36. The number of rotatable bonds is 3. The largest absolute Gasteiger partial charge is 0.507 e. The van der Waals surface area contributed by atoms with Crippen LogP contribution in [0.25, 0.3) is 0 Å². The van der Waals surface area contributed by atoms with Gasteiger partial charge in [0.15, 0.2) is 0 Å². The smallest absolute Gasteiger partial charge is 0.257 e. The molecule has 0 unspecified atom stereocenters. The molecule has 0 radical (unpaired) electrons. The highest BCUT2D eigenvalue weighted by molar-refractivity contribution is 6.30. The first-order valence-corrected chi connectivity index (χ1v) is 9.39. The van der Waals surface area contributed by atoms with Crippen molar-refractivity contribution in [1.82, 2.24) is 19.8 Å². The highest BCUT2D eigenvalue weighted by Crippen LogP contribution is 2.32. The molecule has 5 rings (SSSR count). The van der Waals surface area contributed by atoms with E-state index in [0.29, 0.717) is 16.5 Å². The molecule has 2 atom stereocenters. The fourth-order valence-electron chi connectivity index (χ4n) is 4.16. The van der Waals surface area contributed by atoms with Crippen LogP contribution in [-0.2, 0) is 6.54 Å². The average molecular weight is 375 g/mol. The highest BCUT2D eigenvalue weighted by Gasteiger charge is 2.38. The third kappa shape index (κ3) is 3.31. The maximum absolute atomic E-state index is 13.0. The Kier molecular flexibility index (Phi) is 4.63. The predicted molar refractivity (Wildman–Crippen MR) is 99.3 cm³/mol. The van der Waals surface area contributed by atoms with Crippen LogP contribution in [-0.4, -0.2) is 56.5 Å². The molecule has 0 saturated carbocycles. The molecule has 0 spiro atoms. The van der Waals surface area contributed by atoms with Gasteiger partial charge in [0.05, 0.1) is 17.6 Å². The molecule has 7 heteroatoms. The number of hydrogen-bond acceptors (Lipinski definition) is 4. The van der Waals surface area contributed by atoms with Crippen molar-refractivity contribution in [2.24, 2.45) is 5.92 Å². The van der Waals surface area contributed by atoms with E-state index in [0.717, 1.165) is 50.4 Å². The number of aromatic amines is 1. The number of imidazole rings is 1. The summed E-state index contributed by atoms with van der Waals surface area (Å²) in [5, 5.41) is 10.6. The van der Waals surface area contributed by atoms with Gasteiger partial charge in [0, 0.05) is 42.9 Å². The summed E-state index contributed by atoms with van der Waals surface area (Å²) in [6, 6.07) is 4.86. The highest BCUT2D eigenvalue weighted by atomic mass is 35.5. The molecule has 138 valence electrons. The fourth-order valence-corrected chi connectivity index (χ4v) is 4.32. The number of nitrogens with one attached hydrogen (secondary N) is 1. The van der Waals surface area contributed by atoms with Crippen LogP contribution in [0.15, 0.2) is 24.5 Å². The molecule has 3 aliphatic heterocycles. The lowest BCUT2D eigenvalue weighted by molar-refractivity contribution is 0.0582. The Hall–Kier alpha value is -2.05. The molecule has 4 heterocycles. The quantitative estimate of drug-likeness (QED) is 0.866. The normalized spacial score (nSPS) is 23.2. The van der Waals surface area contributed by atoms with E-state index >= 15 is 0 Å².